The maximum Gasteiger partial charge on any atom is 0.292 e. The maximum atomic E-state index is 12.1. The van der Waals surface area contributed by atoms with E-state index in [1.807, 2.05) is 14.0 Å². The van der Waals surface area contributed by atoms with Crippen LogP contribution in [0.1, 0.15) is 11.3 Å². The van der Waals surface area contributed by atoms with Crippen LogP contribution in [-0.2, 0) is 20.1 Å². The van der Waals surface area contributed by atoms with Crippen LogP contribution >= 0.6 is 11.6 Å². The predicted molar refractivity (Wildman–Crippen MR) is 77.6 cm³/mol. The van der Waals surface area contributed by atoms with Gasteiger partial charge in [-0.25, -0.2) is 4.68 Å². The van der Waals surface area contributed by atoms with Crippen molar-refractivity contribution in [1.82, 2.24) is 19.6 Å². The fourth-order valence-corrected chi connectivity index (χ4v) is 1.92. The molecule has 2 aromatic rings. The number of rotatable bonds is 4. The number of hydrogen-bond acceptors (Lipinski definition) is 4. The van der Waals surface area contributed by atoms with Crippen LogP contribution in [0.15, 0.2) is 17.2 Å². The average molecular weight is 292 g/mol. The molecule has 0 aliphatic carbocycles. The van der Waals surface area contributed by atoms with Gasteiger partial charge in [0.05, 0.1) is 17.4 Å². The summed E-state index contributed by atoms with van der Waals surface area (Å²) in [7, 11) is 1.86. The summed E-state index contributed by atoms with van der Waals surface area (Å²) in [4.78, 5) is 12.1. The van der Waals surface area contributed by atoms with E-state index in [-0.39, 0.29) is 17.1 Å². The molecular formula is C13H14ClN5O. The minimum absolute atomic E-state index is 0.108. The lowest BCUT2D eigenvalue weighted by molar-refractivity contribution is 0.664. The van der Waals surface area contributed by atoms with E-state index in [2.05, 4.69) is 21.4 Å². The van der Waals surface area contributed by atoms with E-state index >= 15 is 0 Å². The Bertz CT molecular complexity index is 725. The molecule has 7 heteroatoms. The molecule has 0 unspecified atom stereocenters. The van der Waals surface area contributed by atoms with Crippen LogP contribution < -0.4 is 10.9 Å². The van der Waals surface area contributed by atoms with E-state index in [1.54, 1.807) is 10.9 Å². The molecule has 2 rings (SSSR count). The van der Waals surface area contributed by atoms with Gasteiger partial charge in [0.1, 0.15) is 12.2 Å². The zero-order valence-electron chi connectivity index (χ0n) is 11.2. The number of hydrogen-bond donors (Lipinski definition) is 1. The number of anilines is 1. The fourth-order valence-electron chi connectivity index (χ4n) is 1.73. The van der Waals surface area contributed by atoms with Gasteiger partial charge in [0.15, 0.2) is 0 Å². The van der Waals surface area contributed by atoms with Gasteiger partial charge in [0.2, 0.25) is 0 Å². The second kappa shape index (κ2) is 5.80. The Hall–Kier alpha value is -2.26. The van der Waals surface area contributed by atoms with Crippen LogP contribution in [0, 0.1) is 19.3 Å². The van der Waals surface area contributed by atoms with Crippen molar-refractivity contribution >= 4 is 17.3 Å². The van der Waals surface area contributed by atoms with Gasteiger partial charge in [-0.2, -0.15) is 10.2 Å². The van der Waals surface area contributed by atoms with Crippen LogP contribution in [-0.4, -0.2) is 19.6 Å². The molecule has 0 bridgehead atoms. The van der Waals surface area contributed by atoms with E-state index in [1.165, 1.54) is 10.9 Å². The summed E-state index contributed by atoms with van der Waals surface area (Å²) >= 11 is 6.00. The fraction of sp³-hybridized carbons (Fsp3) is 0.308. The van der Waals surface area contributed by atoms with Crippen LogP contribution in [0.25, 0.3) is 0 Å². The van der Waals surface area contributed by atoms with Crippen molar-refractivity contribution in [2.75, 3.05) is 5.32 Å². The van der Waals surface area contributed by atoms with Crippen LogP contribution in [0.2, 0.25) is 5.02 Å². The Morgan fingerprint density at radius 3 is 2.80 bits per heavy atom. The molecule has 0 aliphatic rings. The van der Waals surface area contributed by atoms with Gasteiger partial charge in [0, 0.05) is 24.8 Å². The molecule has 2 aromatic heterocycles. The molecule has 6 nitrogen and oxygen atoms in total. The van der Waals surface area contributed by atoms with Gasteiger partial charge in [0.25, 0.3) is 5.56 Å². The van der Waals surface area contributed by atoms with E-state index < -0.39 is 0 Å². The largest absolute Gasteiger partial charge is 0.375 e. The lowest BCUT2D eigenvalue weighted by Crippen LogP contribution is -2.25. The predicted octanol–water partition coefficient (Wildman–Crippen LogP) is 1.18. The molecule has 0 saturated heterocycles. The minimum Gasteiger partial charge on any atom is -0.375 e. The van der Waals surface area contributed by atoms with Crippen molar-refractivity contribution in [2.45, 2.75) is 20.0 Å². The quantitative estimate of drug-likeness (QED) is 0.859. The zero-order chi connectivity index (χ0) is 14.7. The molecular weight excluding hydrogens is 278 g/mol. The Kier molecular flexibility index (Phi) is 4.11. The van der Waals surface area contributed by atoms with Gasteiger partial charge < -0.3 is 5.32 Å². The van der Waals surface area contributed by atoms with E-state index in [0.29, 0.717) is 12.2 Å². The van der Waals surface area contributed by atoms with E-state index in [9.17, 15) is 4.79 Å². The monoisotopic (exact) mass is 291 g/mol. The summed E-state index contributed by atoms with van der Waals surface area (Å²) in [5.74, 6) is 2.37. The number of aromatic nitrogens is 4. The zero-order valence-corrected chi connectivity index (χ0v) is 12.0. The van der Waals surface area contributed by atoms with Crippen molar-refractivity contribution < 1.29 is 0 Å². The Labute approximate surface area is 121 Å². The summed E-state index contributed by atoms with van der Waals surface area (Å²) < 4.78 is 2.95. The maximum absolute atomic E-state index is 12.1. The molecule has 0 spiro atoms. The standard InChI is InChI=1S/C13H14ClN5O/c1-4-5-19-13(20)12(11(14)8-17-19)15-6-10-7-16-18(3)9(10)2/h1,7-8,15H,5-6H2,2-3H3. The summed E-state index contributed by atoms with van der Waals surface area (Å²) in [5.41, 5.74) is 1.96. The van der Waals surface area contributed by atoms with Gasteiger partial charge in [-0.05, 0) is 6.92 Å². The summed E-state index contributed by atoms with van der Waals surface area (Å²) in [6.45, 7) is 2.51. The minimum atomic E-state index is -0.336. The SMILES string of the molecule is C#CCn1ncc(Cl)c(NCc2cnn(C)c2C)c1=O. The summed E-state index contributed by atoms with van der Waals surface area (Å²) in [6, 6.07) is 0. The van der Waals surface area contributed by atoms with Crippen LogP contribution in [0.4, 0.5) is 5.69 Å². The molecule has 2 heterocycles. The number of aryl methyl sites for hydroxylation is 1. The lowest BCUT2D eigenvalue weighted by atomic mass is 10.2. The number of nitrogens with one attached hydrogen (secondary N) is 1. The van der Waals surface area contributed by atoms with Gasteiger partial charge in [-0.1, -0.05) is 17.5 Å². The van der Waals surface area contributed by atoms with Gasteiger partial charge in [-0.3, -0.25) is 9.48 Å². The highest BCUT2D eigenvalue weighted by atomic mass is 35.5. The van der Waals surface area contributed by atoms with Crippen molar-refractivity contribution in [3.8, 4) is 12.3 Å². The van der Waals surface area contributed by atoms with Crippen molar-refractivity contribution in [3.05, 3.63) is 39.0 Å². The summed E-state index contributed by atoms with van der Waals surface area (Å²) in [6.07, 6.45) is 8.34. The Morgan fingerprint density at radius 2 is 2.20 bits per heavy atom. The third-order valence-corrected chi connectivity index (χ3v) is 3.32. The Morgan fingerprint density at radius 1 is 1.45 bits per heavy atom. The first kappa shape index (κ1) is 14.2. The van der Waals surface area contributed by atoms with E-state index in [0.717, 1.165) is 11.3 Å². The van der Waals surface area contributed by atoms with Crippen LogP contribution in [0.3, 0.4) is 0 Å². The summed E-state index contributed by atoms with van der Waals surface area (Å²) in [5, 5.41) is 11.3. The topological polar surface area (TPSA) is 64.7 Å². The highest BCUT2D eigenvalue weighted by molar-refractivity contribution is 6.32. The lowest BCUT2D eigenvalue weighted by Gasteiger charge is -2.09. The van der Waals surface area contributed by atoms with Crippen molar-refractivity contribution in [1.29, 1.82) is 0 Å². The molecule has 0 radical (unpaired) electrons. The third kappa shape index (κ3) is 2.68. The average Bonchev–Trinajstić information content (AvgIpc) is 2.74. The first-order valence-electron chi connectivity index (χ1n) is 5.95. The normalized spacial score (nSPS) is 10.3. The molecule has 0 aliphatic heterocycles. The van der Waals surface area contributed by atoms with Gasteiger partial charge in [-0.15, -0.1) is 6.42 Å². The first-order valence-corrected chi connectivity index (χ1v) is 6.32. The molecule has 0 atom stereocenters. The molecule has 1 N–H and O–H groups in total. The van der Waals surface area contributed by atoms with Crippen molar-refractivity contribution in [3.63, 3.8) is 0 Å². The Balaban J connectivity index is 2.26. The number of terminal acetylenes is 1. The molecule has 20 heavy (non-hydrogen) atoms. The number of halogens is 1. The van der Waals surface area contributed by atoms with Crippen molar-refractivity contribution in [2.24, 2.45) is 7.05 Å². The molecule has 0 saturated carbocycles. The molecule has 104 valence electrons. The second-order valence-electron chi connectivity index (χ2n) is 4.27. The molecule has 0 aromatic carbocycles. The van der Waals surface area contributed by atoms with Crippen LogP contribution in [0.5, 0.6) is 0 Å². The molecule has 0 fully saturated rings. The highest BCUT2D eigenvalue weighted by Gasteiger charge is 2.10. The smallest absolute Gasteiger partial charge is 0.292 e. The molecule has 0 amide bonds. The van der Waals surface area contributed by atoms with E-state index in [4.69, 9.17) is 18.0 Å². The first-order chi connectivity index (χ1) is 9.54. The second-order valence-corrected chi connectivity index (χ2v) is 4.67. The number of nitrogens with zero attached hydrogens (tertiary/aromatic N) is 4. The highest BCUT2D eigenvalue weighted by Crippen LogP contribution is 2.16. The third-order valence-electron chi connectivity index (χ3n) is 3.03. The van der Waals surface area contributed by atoms with Gasteiger partial charge >= 0.3 is 0 Å².